The van der Waals surface area contributed by atoms with E-state index in [1.54, 1.807) is 0 Å². The molecule has 0 saturated heterocycles. The van der Waals surface area contributed by atoms with Gasteiger partial charge in [-0.05, 0) is 19.1 Å². The van der Waals surface area contributed by atoms with Crippen molar-refractivity contribution in [3.63, 3.8) is 0 Å². The fraction of sp³-hybridized carbons (Fsp3) is 1.00. The molecular formula is C20H46NSi2. The largest absolute Gasteiger partial charge is 0.349 e. The van der Waals surface area contributed by atoms with E-state index in [-0.39, 0.29) is 8.96 Å². The molecule has 0 N–H and O–H groups in total. The summed E-state index contributed by atoms with van der Waals surface area (Å²) in [6.45, 7) is 12.4. The van der Waals surface area contributed by atoms with Crippen molar-refractivity contribution in [2.24, 2.45) is 0 Å². The third-order valence-electron chi connectivity index (χ3n) is 5.51. The van der Waals surface area contributed by atoms with Gasteiger partial charge in [-0.2, -0.15) is 0 Å². The minimum atomic E-state index is -1.14. The van der Waals surface area contributed by atoms with Crippen LogP contribution in [0.2, 0.25) is 31.7 Å². The van der Waals surface area contributed by atoms with Crippen molar-refractivity contribution in [2.45, 2.75) is 123 Å². The topological polar surface area (TPSA) is 3.24 Å². The molecule has 1 radical (unpaired) electrons. The van der Waals surface area contributed by atoms with Crippen LogP contribution in [0.25, 0.3) is 0 Å². The molecule has 0 aromatic carbocycles. The molecule has 0 atom stereocenters. The lowest BCUT2D eigenvalue weighted by Gasteiger charge is -2.38. The minimum Gasteiger partial charge on any atom is -0.349 e. The smallest absolute Gasteiger partial charge is 0.125 e. The van der Waals surface area contributed by atoms with Crippen LogP contribution in [0.3, 0.4) is 0 Å². The van der Waals surface area contributed by atoms with E-state index in [9.17, 15) is 0 Å². The van der Waals surface area contributed by atoms with Crippen molar-refractivity contribution >= 4 is 17.2 Å². The van der Waals surface area contributed by atoms with E-state index in [1.165, 1.54) is 89.1 Å². The van der Waals surface area contributed by atoms with Crippen LogP contribution in [-0.4, -0.2) is 28.5 Å². The van der Waals surface area contributed by atoms with E-state index in [0.717, 1.165) is 0 Å². The molecule has 0 rings (SSSR count). The fourth-order valence-corrected chi connectivity index (χ4v) is 10.7. The Morgan fingerprint density at radius 2 is 1.13 bits per heavy atom. The maximum Gasteiger partial charge on any atom is 0.125 e. The molecule has 0 aliphatic carbocycles. The lowest BCUT2D eigenvalue weighted by molar-refractivity contribution is 0.611. The van der Waals surface area contributed by atoms with Crippen LogP contribution in [0.15, 0.2) is 0 Å². The molecule has 0 heterocycles. The SMILES string of the molecule is CCCCCCCC[Si](C)N(C)[Si](C)(C)CCCCCCCC. The van der Waals surface area contributed by atoms with Crippen LogP contribution in [0, 0.1) is 0 Å². The lowest BCUT2D eigenvalue weighted by atomic mass is 10.1. The van der Waals surface area contributed by atoms with Crippen molar-refractivity contribution in [3.05, 3.63) is 0 Å². The summed E-state index contributed by atoms with van der Waals surface area (Å²) in [5.41, 5.74) is 0. The second-order valence-electron chi connectivity index (χ2n) is 8.14. The Labute approximate surface area is 151 Å². The van der Waals surface area contributed by atoms with Crippen molar-refractivity contribution in [3.8, 4) is 0 Å². The van der Waals surface area contributed by atoms with Gasteiger partial charge in [-0.25, -0.2) is 0 Å². The van der Waals surface area contributed by atoms with Gasteiger partial charge in [0.2, 0.25) is 0 Å². The minimum absolute atomic E-state index is 0.272. The number of nitrogens with zero attached hydrogens (tertiary/aromatic N) is 1. The summed E-state index contributed by atoms with van der Waals surface area (Å²) in [5, 5.41) is 0. The molecule has 0 aliphatic rings. The monoisotopic (exact) mass is 356 g/mol. The zero-order valence-corrected chi connectivity index (χ0v) is 19.3. The Balaban J connectivity index is 3.82. The van der Waals surface area contributed by atoms with Crippen molar-refractivity contribution in [1.29, 1.82) is 0 Å². The maximum absolute atomic E-state index is 2.88. The highest BCUT2D eigenvalue weighted by molar-refractivity contribution is 6.83. The standard InChI is InChI=1S/C20H46NSi2/c1-7-9-11-13-15-17-19-22(4)21(3)23(5,6)20-18-16-14-12-10-8-2/h7-20H2,1-6H3. The Bertz CT molecular complexity index is 256. The summed E-state index contributed by atoms with van der Waals surface area (Å²) in [7, 11) is 1.04. The fourth-order valence-electron chi connectivity index (χ4n) is 3.35. The molecule has 0 unspecified atom stereocenters. The van der Waals surface area contributed by atoms with Gasteiger partial charge >= 0.3 is 0 Å². The summed E-state index contributed by atoms with van der Waals surface area (Å²) < 4.78 is 2.88. The molecule has 0 saturated carbocycles. The first-order chi connectivity index (χ1) is 11.0. The first-order valence-corrected chi connectivity index (χ1v) is 15.8. The normalized spacial score (nSPS) is 12.5. The highest BCUT2D eigenvalue weighted by atomic mass is 28.4. The van der Waals surface area contributed by atoms with E-state index in [2.05, 4.69) is 44.8 Å². The van der Waals surface area contributed by atoms with Crippen molar-refractivity contribution in [2.75, 3.05) is 7.05 Å². The van der Waals surface area contributed by atoms with Gasteiger partial charge in [0.15, 0.2) is 0 Å². The van der Waals surface area contributed by atoms with Gasteiger partial charge in [0.05, 0.1) is 0 Å². The van der Waals surface area contributed by atoms with Gasteiger partial charge in [-0.15, -0.1) is 0 Å². The predicted octanol–water partition coefficient (Wildman–Crippen LogP) is 7.47. The van der Waals surface area contributed by atoms with Crippen LogP contribution in [0.5, 0.6) is 0 Å². The highest BCUT2D eigenvalue weighted by Crippen LogP contribution is 2.22. The number of hydrogen-bond donors (Lipinski definition) is 0. The van der Waals surface area contributed by atoms with Crippen LogP contribution < -0.4 is 0 Å². The summed E-state index contributed by atoms with van der Waals surface area (Å²) in [6, 6.07) is 3.01. The van der Waals surface area contributed by atoms with E-state index >= 15 is 0 Å². The quantitative estimate of drug-likeness (QED) is 0.205. The van der Waals surface area contributed by atoms with E-state index in [0.29, 0.717) is 0 Å². The molecule has 3 heteroatoms. The van der Waals surface area contributed by atoms with Gasteiger partial charge < -0.3 is 4.23 Å². The third kappa shape index (κ3) is 12.4. The lowest BCUT2D eigenvalue weighted by Crippen LogP contribution is -2.52. The van der Waals surface area contributed by atoms with Crippen molar-refractivity contribution in [1.82, 2.24) is 4.23 Å². The average molecular weight is 357 g/mol. The van der Waals surface area contributed by atoms with E-state index < -0.39 is 8.24 Å². The molecule has 0 aliphatic heterocycles. The highest BCUT2D eigenvalue weighted by Gasteiger charge is 2.29. The van der Waals surface area contributed by atoms with E-state index in [1.807, 2.05) is 0 Å². The van der Waals surface area contributed by atoms with Gasteiger partial charge in [0, 0.05) is 0 Å². The molecular weight excluding hydrogens is 310 g/mol. The Morgan fingerprint density at radius 3 is 1.65 bits per heavy atom. The first-order valence-electron chi connectivity index (χ1n) is 10.5. The zero-order chi connectivity index (χ0) is 17.6. The van der Waals surface area contributed by atoms with Crippen LogP contribution in [-0.2, 0) is 0 Å². The van der Waals surface area contributed by atoms with Crippen LogP contribution >= 0.6 is 0 Å². The summed E-state index contributed by atoms with van der Waals surface area (Å²) in [4.78, 5) is 0. The number of hydrogen-bond acceptors (Lipinski definition) is 1. The van der Waals surface area contributed by atoms with Crippen molar-refractivity contribution < 1.29 is 0 Å². The summed E-state index contributed by atoms with van der Waals surface area (Å²) in [5.74, 6) is 0. The van der Waals surface area contributed by atoms with Crippen LogP contribution in [0.1, 0.15) is 90.9 Å². The van der Waals surface area contributed by atoms with Gasteiger partial charge in [-0.1, -0.05) is 111 Å². The van der Waals surface area contributed by atoms with Gasteiger partial charge in [0.1, 0.15) is 17.2 Å². The molecule has 0 aromatic rings. The van der Waals surface area contributed by atoms with Crippen LogP contribution in [0.4, 0.5) is 0 Å². The zero-order valence-electron chi connectivity index (χ0n) is 17.3. The molecule has 0 spiro atoms. The maximum atomic E-state index is 2.88. The molecule has 0 aromatic heterocycles. The second-order valence-corrected chi connectivity index (χ2v) is 16.0. The molecule has 0 bridgehead atoms. The Hall–Kier alpha value is 0.394. The molecule has 23 heavy (non-hydrogen) atoms. The van der Waals surface area contributed by atoms with E-state index in [4.69, 9.17) is 0 Å². The van der Waals surface area contributed by atoms with Gasteiger partial charge in [-0.3, -0.25) is 0 Å². The summed E-state index contributed by atoms with van der Waals surface area (Å²) in [6.07, 6.45) is 17.3. The first kappa shape index (κ1) is 23.4. The Kier molecular flexibility index (Phi) is 15.0. The van der Waals surface area contributed by atoms with Gasteiger partial charge in [0.25, 0.3) is 0 Å². The molecule has 139 valence electrons. The Morgan fingerprint density at radius 1 is 0.696 bits per heavy atom. The number of unbranched alkanes of at least 4 members (excludes halogenated alkanes) is 10. The molecule has 1 nitrogen and oxygen atoms in total. The average Bonchev–Trinajstić information content (AvgIpc) is 2.53. The third-order valence-corrected chi connectivity index (χ3v) is 14.1. The molecule has 0 fully saturated rings. The number of rotatable bonds is 16. The second kappa shape index (κ2) is 14.7. The predicted molar refractivity (Wildman–Crippen MR) is 113 cm³/mol. The molecule has 0 amide bonds. The summed E-state index contributed by atoms with van der Waals surface area (Å²) >= 11 is 0.